The maximum absolute atomic E-state index is 5.75. The van der Waals surface area contributed by atoms with Crippen LogP contribution < -0.4 is 14.8 Å². The molecule has 1 spiro atoms. The quantitative estimate of drug-likeness (QED) is 0.903. The van der Waals surface area contributed by atoms with Gasteiger partial charge in [0.05, 0.1) is 32.1 Å². The van der Waals surface area contributed by atoms with Gasteiger partial charge in [0.2, 0.25) is 0 Å². The summed E-state index contributed by atoms with van der Waals surface area (Å²) in [5, 5.41) is 3.43. The van der Waals surface area contributed by atoms with Crippen molar-refractivity contribution in [3.8, 4) is 11.5 Å². The van der Waals surface area contributed by atoms with Gasteiger partial charge in [-0.3, -0.25) is 4.99 Å². The Kier molecular flexibility index (Phi) is 3.09. The maximum atomic E-state index is 5.75. The van der Waals surface area contributed by atoms with Crippen LogP contribution in [-0.4, -0.2) is 32.1 Å². The highest BCUT2D eigenvalue weighted by Crippen LogP contribution is 2.40. The average molecular weight is 260 g/mol. The van der Waals surface area contributed by atoms with Gasteiger partial charge in [-0.05, 0) is 31.9 Å². The van der Waals surface area contributed by atoms with E-state index in [0.29, 0.717) is 6.61 Å². The zero-order valence-corrected chi connectivity index (χ0v) is 11.5. The molecule has 0 bridgehead atoms. The van der Waals surface area contributed by atoms with Crippen LogP contribution in [-0.2, 0) is 12.8 Å². The third-order valence-electron chi connectivity index (χ3n) is 4.09. The second kappa shape index (κ2) is 4.76. The van der Waals surface area contributed by atoms with Crippen molar-refractivity contribution in [3.63, 3.8) is 0 Å². The van der Waals surface area contributed by atoms with Gasteiger partial charge in [-0.1, -0.05) is 0 Å². The number of fused-ring (bicyclic) bond motifs is 1. The van der Waals surface area contributed by atoms with E-state index < -0.39 is 0 Å². The van der Waals surface area contributed by atoms with E-state index in [0.717, 1.165) is 37.3 Å². The molecule has 4 nitrogen and oxygen atoms in total. The van der Waals surface area contributed by atoms with Gasteiger partial charge in [0.25, 0.3) is 0 Å². The van der Waals surface area contributed by atoms with Gasteiger partial charge in [0, 0.05) is 17.5 Å². The number of nitrogens with zero attached hydrogens (tertiary/aromatic N) is 1. The first-order valence-corrected chi connectivity index (χ1v) is 6.85. The van der Waals surface area contributed by atoms with E-state index in [1.807, 2.05) is 25.4 Å². The fourth-order valence-corrected chi connectivity index (χ4v) is 3.10. The lowest BCUT2D eigenvalue weighted by atomic mass is 9.77. The molecular formula is C15H20N2O2. The van der Waals surface area contributed by atoms with Gasteiger partial charge in [0.1, 0.15) is 11.5 Å². The fraction of sp³-hybridized carbons (Fsp3) is 0.533. The van der Waals surface area contributed by atoms with Crippen LogP contribution in [0.4, 0.5) is 0 Å². The van der Waals surface area contributed by atoms with Crippen LogP contribution in [0.5, 0.6) is 11.5 Å². The Balaban J connectivity index is 1.99. The number of benzene rings is 1. The smallest absolute Gasteiger partial charge is 0.123 e. The summed E-state index contributed by atoms with van der Waals surface area (Å²) in [6, 6.07) is 4.04. The van der Waals surface area contributed by atoms with E-state index in [1.54, 1.807) is 7.11 Å². The van der Waals surface area contributed by atoms with E-state index in [4.69, 9.17) is 9.47 Å². The summed E-state index contributed by atoms with van der Waals surface area (Å²) in [5.41, 5.74) is 2.67. The van der Waals surface area contributed by atoms with Gasteiger partial charge in [-0.2, -0.15) is 0 Å². The number of hydrogen-bond acceptors (Lipinski definition) is 4. The van der Waals surface area contributed by atoms with Crippen LogP contribution in [0.2, 0.25) is 0 Å². The fourth-order valence-electron chi connectivity index (χ4n) is 3.10. The molecule has 1 heterocycles. The molecule has 2 aliphatic rings. The van der Waals surface area contributed by atoms with E-state index in [1.165, 1.54) is 11.1 Å². The summed E-state index contributed by atoms with van der Waals surface area (Å²) >= 11 is 0. The lowest BCUT2D eigenvalue weighted by Gasteiger charge is -2.35. The zero-order valence-electron chi connectivity index (χ0n) is 11.5. The Morgan fingerprint density at radius 2 is 2.16 bits per heavy atom. The number of hydrogen-bond donors (Lipinski definition) is 1. The summed E-state index contributed by atoms with van der Waals surface area (Å²) in [5.74, 6) is 1.97. The molecule has 0 aromatic heterocycles. The average Bonchev–Trinajstić information content (AvgIpc) is 2.87. The van der Waals surface area contributed by atoms with Crippen molar-refractivity contribution in [2.45, 2.75) is 31.7 Å². The molecule has 1 aromatic carbocycles. The van der Waals surface area contributed by atoms with Crippen LogP contribution in [0.15, 0.2) is 17.1 Å². The Labute approximate surface area is 113 Å². The third-order valence-corrected chi connectivity index (χ3v) is 4.09. The van der Waals surface area contributed by atoms with Gasteiger partial charge in [-0.25, -0.2) is 0 Å². The van der Waals surface area contributed by atoms with Crippen molar-refractivity contribution in [1.29, 1.82) is 0 Å². The standard InChI is InChI=1S/C15H20N2O2/c1-3-19-14-5-4-13(18-2)12-8-15(7-6-11(12)14)9-16-10-17-15/h4-5,10H,3,6-9H2,1-2H3,(H,16,17). The molecule has 0 saturated carbocycles. The van der Waals surface area contributed by atoms with E-state index in [2.05, 4.69) is 10.3 Å². The van der Waals surface area contributed by atoms with Crippen molar-refractivity contribution in [2.24, 2.45) is 4.99 Å². The first-order valence-electron chi connectivity index (χ1n) is 6.85. The minimum Gasteiger partial charge on any atom is -0.496 e. The molecule has 0 amide bonds. The Hall–Kier alpha value is -1.71. The molecule has 0 saturated heterocycles. The van der Waals surface area contributed by atoms with E-state index in [-0.39, 0.29) is 5.54 Å². The van der Waals surface area contributed by atoms with Crippen molar-refractivity contribution in [1.82, 2.24) is 5.32 Å². The highest BCUT2D eigenvalue weighted by atomic mass is 16.5. The Morgan fingerprint density at radius 3 is 2.84 bits per heavy atom. The van der Waals surface area contributed by atoms with Crippen molar-refractivity contribution >= 4 is 6.34 Å². The van der Waals surface area contributed by atoms with Gasteiger partial charge < -0.3 is 14.8 Å². The minimum absolute atomic E-state index is 0.0884. The lowest BCUT2D eigenvalue weighted by Crippen LogP contribution is -2.48. The molecule has 0 radical (unpaired) electrons. The summed E-state index contributed by atoms with van der Waals surface area (Å²) in [7, 11) is 1.73. The number of methoxy groups -OCH3 is 1. The number of ether oxygens (including phenoxy) is 2. The predicted molar refractivity (Wildman–Crippen MR) is 75.4 cm³/mol. The maximum Gasteiger partial charge on any atom is 0.123 e. The second-order valence-corrected chi connectivity index (χ2v) is 5.23. The van der Waals surface area contributed by atoms with Crippen molar-refractivity contribution in [3.05, 3.63) is 23.3 Å². The van der Waals surface area contributed by atoms with Crippen molar-refractivity contribution < 1.29 is 9.47 Å². The first kappa shape index (κ1) is 12.3. The molecule has 3 rings (SSSR count). The third kappa shape index (κ3) is 2.05. The molecule has 4 heteroatoms. The molecule has 0 fully saturated rings. The lowest BCUT2D eigenvalue weighted by molar-refractivity contribution is 0.314. The predicted octanol–water partition coefficient (Wildman–Crippen LogP) is 1.95. The number of nitrogens with one attached hydrogen (secondary N) is 1. The Morgan fingerprint density at radius 1 is 1.32 bits per heavy atom. The van der Waals surface area contributed by atoms with Gasteiger partial charge >= 0.3 is 0 Å². The molecule has 1 N–H and O–H groups in total. The van der Waals surface area contributed by atoms with Gasteiger partial charge in [-0.15, -0.1) is 0 Å². The van der Waals surface area contributed by atoms with Crippen molar-refractivity contribution in [2.75, 3.05) is 20.3 Å². The largest absolute Gasteiger partial charge is 0.496 e. The summed E-state index contributed by atoms with van der Waals surface area (Å²) < 4.78 is 11.3. The van der Waals surface area contributed by atoms with Crippen LogP contribution in [0.1, 0.15) is 24.5 Å². The Bertz CT molecular complexity index is 503. The highest BCUT2D eigenvalue weighted by Gasteiger charge is 2.38. The summed E-state index contributed by atoms with van der Waals surface area (Å²) in [6.45, 7) is 3.58. The van der Waals surface area contributed by atoms with Crippen LogP contribution in [0, 0.1) is 0 Å². The minimum atomic E-state index is 0.0884. The van der Waals surface area contributed by atoms with Crippen LogP contribution in [0.25, 0.3) is 0 Å². The molecule has 102 valence electrons. The highest BCUT2D eigenvalue weighted by molar-refractivity contribution is 5.61. The van der Waals surface area contributed by atoms with Gasteiger partial charge in [0.15, 0.2) is 0 Å². The zero-order chi connectivity index (χ0) is 13.3. The summed E-state index contributed by atoms with van der Waals surface area (Å²) in [4.78, 5) is 4.34. The molecule has 1 aromatic rings. The monoisotopic (exact) mass is 260 g/mol. The SMILES string of the molecule is CCOc1ccc(OC)c2c1CCC1(CN=CN1)C2. The van der Waals surface area contributed by atoms with Crippen LogP contribution >= 0.6 is 0 Å². The summed E-state index contributed by atoms with van der Waals surface area (Å²) in [6.07, 6.45) is 4.89. The molecule has 1 unspecified atom stereocenters. The van der Waals surface area contributed by atoms with Crippen LogP contribution in [0.3, 0.4) is 0 Å². The van der Waals surface area contributed by atoms with E-state index >= 15 is 0 Å². The molecular weight excluding hydrogens is 240 g/mol. The second-order valence-electron chi connectivity index (χ2n) is 5.23. The number of rotatable bonds is 3. The molecule has 1 aliphatic heterocycles. The van der Waals surface area contributed by atoms with E-state index in [9.17, 15) is 0 Å². The molecule has 1 atom stereocenters. The number of aliphatic imine (C=N–C) groups is 1. The first-order chi connectivity index (χ1) is 9.28. The molecule has 1 aliphatic carbocycles. The normalized spacial score (nSPS) is 24.1. The molecule has 19 heavy (non-hydrogen) atoms. The topological polar surface area (TPSA) is 42.9 Å².